The third-order valence-electron chi connectivity index (χ3n) is 4.06. The Morgan fingerprint density at radius 2 is 1.79 bits per heavy atom. The molecule has 1 aromatic carbocycles. The first kappa shape index (κ1) is 18.1. The third kappa shape index (κ3) is 3.34. The van der Waals surface area contributed by atoms with E-state index in [1.807, 2.05) is 27.7 Å². The van der Waals surface area contributed by atoms with Crippen molar-refractivity contribution in [3.63, 3.8) is 0 Å². The minimum atomic E-state index is -3.35. The van der Waals surface area contributed by atoms with E-state index in [4.69, 9.17) is 13.8 Å². The summed E-state index contributed by atoms with van der Waals surface area (Å²) in [5.41, 5.74) is 1.20. The van der Waals surface area contributed by atoms with Gasteiger partial charge in [0.1, 0.15) is 17.6 Å². The normalized spacial score (nSPS) is 25.1. The summed E-state index contributed by atoms with van der Waals surface area (Å²) in [6.45, 7) is 8.54. The van der Waals surface area contributed by atoms with Crippen LogP contribution in [0.5, 0.6) is 5.75 Å². The predicted octanol–water partition coefficient (Wildman–Crippen LogP) is 4.88. The number of hydrogen-bond donors (Lipinski definition) is 0. The lowest BCUT2D eigenvalue weighted by Gasteiger charge is -2.33. The van der Waals surface area contributed by atoms with E-state index in [9.17, 15) is 9.36 Å². The van der Waals surface area contributed by atoms with Crippen LogP contribution in [0.3, 0.4) is 0 Å². The Hall–Kier alpha value is -0.690. The summed E-state index contributed by atoms with van der Waals surface area (Å²) in [4.78, 5) is 11.2. The minimum absolute atomic E-state index is 0.161. The Labute approximate surface area is 155 Å². The van der Waals surface area contributed by atoms with Crippen molar-refractivity contribution in [3.05, 3.63) is 32.6 Å². The highest BCUT2D eigenvalue weighted by molar-refractivity contribution is 14.1. The number of hydrogen-bond acceptors (Lipinski definition) is 5. The zero-order valence-electron chi connectivity index (χ0n) is 14.1. The summed E-state index contributed by atoms with van der Waals surface area (Å²) in [6, 6.07) is 3.52. The van der Waals surface area contributed by atoms with Crippen molar-refractivity contribution in [2.24, 2.45) is 5.41 Å². The van der Waals surface area contributed by atoms with Gasteiger partial charge in [-0.15, -0.1) is 0 Å². The van der Waals surface area contributed by atoms with Crippen LogP contribution in [0.4, 0.5) is 0 Å². The molecule has 0 unspecified atom stereocenters. The molecular weight excluding hydrogens is 442 g/mol. The second kappa shape index (κ2) is 5.94. The van der Waals surface area contributed by atoms with Gasteiger partial charge in [0.15, 0.2) is 0 Å². The van der Waals surface area contributed by atoms with Gasteiger partial charge in [-0.25, -0.2) is 0 Å². The van der Waals surface area contributed by atoms with Crippen LogP contribution < -0.4 is 4.74 Å². The summed E-state index contributed by atoms with van der Waals surface area (Å²) < 4.78 is 31.0. The Morgan fingerprint density at radius 3 is 2.38 bits per heavy atom. The van der Waals surface area contributed by atoms with Gasteiger partial charge in [0.25, 0.3) is 0 Å². The first-order chi connectivity index (χ1) is 11.1. The highest BCUT2D eigenvalue weighted by Gasteiger charge is 2.42. The molecule has 1 fully saturated rings. The molecule has 7 heteroatoms. The molecule has 2 aliphatic heterocycles. The number of rotatable bonds is 2. The summed E-state index contributed by atoms with van der Waals surface area (Å²) >= 11 is 2.14. The maximum absolute atomic E-state index is 13.0. The van der Waals surface area contributed by atoms with Crippen LogP contribution in [0, 0.1) is 8.99 Å². The van der Waals surface area contributed by atoms with Gasteiger partial charge in [0.05, 0.1) is 16.8 Å². The number of halogens is 1. The second-order valence-corrected chi connectivity index (χ2v) is 10.4. The molecule has 0 aliphatic carbocycles. The fraction of sp³-hybridized carbons (Fsp3) is 0.471. The fourth-order valence-electron chi connectivity index (χ4n) is 2.69. The SMILES string of the molecule is CC1(C)COP(=O)(/C=C2/c3cc(C=O)cc(I)c3OC2(C)C)OC1. The molecule has 24 heavy (non-hydrogen) atoms. The van der Waals surface area contributed by atoms with Crippen LogP contribution >= 0.6 is 30.2 Å². The molecule has 1 aromatic rings. The molecule has 2 aliphatic rings. The average Bonchev–Trinajstić information content (AvgIpc) is 2.75. The molecule has 0 saturated carbocycles. The molecule has 0 bridgehead atoms. The molecule has 1 saturated heterocycles. The van der Waals surface area contributed by atoms with Gasteiger partial charge in [0.2, 0.25) is 0 Å². The minimum Gasteiger partial charge on any atom is -0.481 e. The average molecular weight is 462 g/mol. The third-order valence-corrected chi connectivity index (χ3v) is 6.41. The maximum Gasteiger partial charge on any atom is 0.354 e. The molecule has 0 amide bonds. The molecule has 130 valence electrons. The topological polar surface area (TPSA) is 61.8 Å². The standard InChI is InChI=1S/C17H20IO5P/c1-16(2)9-21-24(20,22-10-16)8-13-12-5-11(7-19)6-14(18)15(12)23-17(13,3)4/h5-8H,9-10H2,1-4H3/b13-8-. The first-order valence-electron chi connectivity index (χ1n) is 7.66. The molecule has 0 N–H and O–H groups in total. The lowest BCUT2D eigenvalue weighted by atomic mass is 9.95. The van der Waals surface area contributed by atoms with Gasteiger partial charge in [-0.3, -0.25) is 9.36 Å². The second-order valence-electron chi connectivity index (χ2n) is 7.40. The lowest BCUT2D eigenvalue weighted by Crippen LogP contribution is -2.29. The Morgan fingerprint density at radius 1 is 1.17 bits per heavy atom. The Balaban J connectivity index is 2.07. The highest BCUT2D eigenvalue weighted by Crippen LogP contribution is 2.59. The number of ether oxygens (including phenoxy) is 1. The zero-order valence-corrected chi connectivity index (χ0v) is 17.1. The van der Waals surface area contributed by atoms with Crippen molar-refractivity contribution in [2.75, 3.05) is 13.2 Å². The van der Waals surface area contributed by atoms with Gasteiger partial charge in [-0.1, -0.05) is 13.8 Å². The van der Waals surface area contributed by atoms with Crippen LogP contribution in [0.2, 0.25) is 0 Å². The smallest absolute Gasteiger partial charge is 0.354 e. The van der Waals surface area contributed by atoms with Crippen molar-refractivity contribution in [1.29, 1.82) is 0 Å². The summed E-state index contributed by atoms with van der Waals surface area (Å²) in [6.07, 6.45) is 0.795. The Kier molecular flexibility index (Phi) is 4.48. The van der Waals surface area contributed by atoms with Gasteiger partial charge < -0.3 is 13.8 Å². The van der Waals surface area contributed by atoms with E-state index in [-0.39, 0.29) is 5.41 Å². The molecule has 0 spiro atoms. The molecule has 3 rings (SSSR count). The van der Waals surface area contributed by atoms with Crippen molar-refractivity contribution < 1.29 is 23.1 Å². The number of benzene rings is 1. The molecule has 0 aromatic heterocycles. The number of carbonyl (C=O) groups is 1. The van der Waals surface area contributed by atoms with Crippen molar-refractivity contribution in [2.45, 2.75) is 33.3 Å². The summed E-state index contributed by atoms with van der Waals surface area (Å²) in [7, 11) is -3.35. The van der Waals surface area contributed by atoms with E-state index >= 15 is 0 Å². The van der Waals surface area contributed by atoms with E-state index in [1.54, 1.807) is 17.9 Å². The highest BCUT2D eigenvalue weighted by atomic mass is 127. The van der Waals surface area contributed by atoms with Gasteiger partial charge in [0, 0.05) is 27.9 Å². The molecule has 5 nitrogen and oxygen atoms in total. The van der Waals surface area contributed by atoms with E-state index in [0.717, 1.165) is 21.0 Å². The van der Waals surface area contributed by atoms with Crippen LogP contribution in [0.15, 0.2) is 17.9 Å². The molecule has 0 atom stereocenters. The number of fused-ring (bicyclic) bond motifs is 1. The lowest BCUT2D eigenvalue weighted by molar-refractivity contribution is 0.0456. The number of aldehydes is 1. The predicted molar refractivity (Wildman–Crippen MR) is 101 cm³/mol. The quantitative estimate of drug-likeness (QED) is 0.356. The van der Waals surface area contributed by atoms with E-state index < -0.39 is 13.2 Å². The van der Waals surface area contributed by atoms with Crippen molar-refractivity contribution >= 4 is 42.0 Å². The largest absolute Gasteiger partial charge is 0.481 e. The zero-order chi connectivity index (χ0) is 17.8. The first-order valence-corrected chi connectivity index (χ1v) is 10.3. The molecule has 0 radical (unpaired) electrons. The van der Waals surface area contributed by atoms with Crippen molar-refractivity contribution in [3.8, 4) is 5.75 Å². The van der Waals surface area contributed by atoms with E-state index in [0.29, 0.717) is 24.5 Å². The number of carbonyl (C=O) groups excluding carboxylic acids is 1. The summed E-state index contributed by atoms with van der Waals surface area (Å²) in [5.74, 6) is 2.25. The maximum atomic E-state index is 13.0. The van der Waals surface area contributed by atoms with Crippen LogP contribution in [-0.4, -0.2) is 25.1 Å². The van der Waals surface area contributed by atoms with Gasteiger partial charge in [-0.05, 0) is 48.6 Å². The molecular formula is C17H20IO5P. The van der Waals surface area contributed by atoms with Crippen LogP contribution in [0.1, 0.15) is 43.6 Å². The van der Waals surface area contributed by atoms with Crippen LogP contribution in [-0.2, 0) is 13.6 Å². The monoisotopic (exact) mass is 462 g/mol. The van der Waals surface area contributed by atoms with E-state index in [1.165, 1.54) is 0 Å². The fourth-order valence-corrected chi connectivity index (χ4v) is 5.50. The van der Waals surface area contributed by atoms with Crippen molar-refractivity contribution in [1.82, 2.24) is 0 Å². The Bertz CT molecular complexity index is 767. The summed E-state index contributed by atoms with van der Waals surface area (Å²) in [5, 5.41) is 0. The van der Waals surface area contributed by atoms with E-state index in [2.05, 4.69) is 22.6 Å². The van der Waals surface area contributed by atoms with Gasteiger partial charge >= 0.3 is 7.60 Å². The molecule has 2 heterocycles. The van der Waals surface area contributed by atoms with Gasteiger partial charge in [-0.2, -0.15) is 0 Å². The van der Waals surface area contributed by atoms with Crippen LogP contribution in [0.25, 0.3) is 5.57 Å².